The molecule has 0 heterocycles. The van der Waals surface area contributed by atoms with Gasteiger partial charge in [-0.05, 0) is 85.0 Å². The van der Waals surface area contributed by atoms with Crippen LogP contribution >= 0.6 is 0 Å². The fraction of sp³-hybridized carbons (Fsp3) is 0.412. The standard InChI is InChI=1S/C34H44N2O4/c1-7-23(5)27-15-11-13-17-31(27)39-29(9-3)33(37)35-25-19-21-26(22-20-25)36-34(38)30(10-4)40-32-18-14-12-16-28(32)24(6)8-2/h11-24,29-30H,7-10H2,1-6H3,(H,35,37)(H,36,38). The number of carbonyl (C=O) groups excluding carboxylic acids is 2. The second kappa shape index (κ2) is 15.1. The first-order chi connectivity index (χ1) is 19.3. The molecule has 6 nitrogen and oxygen atoms in total. The molecule has 0 aliphatic carbocycles. The van der Waals surface area contributed by atoms with Crippen molar-refractivity contribution in [3.63, 3.8) is 0 Å². The molecule has 4 unspecified atom stereocenters. The van der Waals surface area contributed by atoms with Crippen LogP contribution in [0.4, 0.5) is 11.4 Å². The Hall–Kier alpha value is -3.80. The lowest BCUT2D eigenvalue weighted by Gasteiger charge is -2.22. The highest BCUT2D eigenvalue weighted by Gasteiger charge is 2.23. The third-order valence-corrected chi connectivity index (χ3v) is 7.41. The summed E-state index contributed by atoms with van der Waals surface area (Å²) in [4.78, 5) is 26.1. The molecule has 2 N–H and O–H groups in total. The molecule has 0 aliphatic rings. The summed E-state index contributed by atoms with van der Waals surface area (Å²) in [6.07, 6.45) is 1.81. The lowest BCUT2D eigenvalue weighted by atomic mass is 9.98. The number of carbonyl (C=O) groups is 2. The lowest BCUT2D eigenvalue weighted by molar-refractivity contribution is -0.123. The number of hydrogen-bond donors (Lipinski definition) is 2. The van der Waals surface area contributed by atoms with E-state index >= 15 is 0 Å². The Morgan fingerprint density at radius 3 is 1.25 bits per heavy atom. The van der Waals surface area contributed by atoms with E-state index in [2.05, 4.69) is 50.5 Å². The van der Waals surface area contributed by atoms with Crippen molar-refractivity contribution in [2.24, 2.45) is 0 Å². The minimum atomic E-state index is -0.620. The van der Waals surface area contributed by atoms with Gasteiger partial charge < -0.3 is 20.1 Å². The van der Waals surface area contributed by atoms with Crippen molar-refractivity contribution in [1.82, 2.24) is 0 Å². The van der Waals surface area contributed by atoms with Crippen molar-refractivity contribution in [2.75, 3.05) is 10.6 Å². The summed E-state index contributed by atoms with van der Waals surface area (Å²) in [5.74, 6) is 1.75. The first-order valence-electron chi connectivity index (χ1n) is 14.5. The van der Waals surface area contributed by atoms with E-state index in [0.29, 0.717) is 36.1 Å². The topological polar surface area (TPSA) is 76.7 Å². The number of anilines is 2. The SMILES string of the molecule is CCC(Oc1ccccc1C(C)CC)C(=O)Nc1ccc(NC(=O)C(CC)Oc2ccccc2C(C)CC)cc1. The van der Waals surface area contributed by atoms with Crippen LogP contribution in [0.25, 0.3) is 0 Å². The van der Waals surface area contributed by atoms with Crippen molar-refractivity contribution < 1.29 is 19.1 Å². The smallest absolute Gasteiger partial charge is 0.265 e. The van der Waals surface area contributed by atoms with Gasteiger partial charge in [0.05, 0.1) is 0 Å². The normalized spacial score (nSPS) is 13.9. The Labute approximate surface area is 239 Å². The van der Waals surface area contributed by atoms with Crippen LogP contribution in [-0.4, -0.2) is 24.0 Å². The molecule has 4 atom stereocenters. The molecule has 2 amide bonds. The predicted octanol–water partition coefficient (Wildman–Crippen LogP) is 8.31. The Balaban J connectivity index is 1.62. The summed E-state index contributed by atoms with van der Waals surface area (Å²) < 4.78 is 12.3. The number of rotatable bonds is 14. The number of nitrogens with one attached hydrogen (secondary N) is 2. The van der Waals surface area contributed by atoms with Gasteiger partial charge in [-0.1, -0.05) is 77.9 Å². The maximum Gasteiger partial charge on any atom is 0.265 e. The quantitative estimate of drug-likeness (QED) is 0.214. The van der Waals surface area contributed by atoms with Crippen LogP contribution in [0.3, 0.4) is 0 Å². The van der Waals surface area contributed by atoms with Gasteiger partial charge in [0.1, 0.15) is 11.5 Å². The molecular formula is C34H44N2O4. The van der Waals surface area contributed by atoms with Crippen LogP contribution in [0.15, 0.2) is 72.8 Å². The number of para-hydroxylation sites is 2. The van der Waals surface area contributed by atoms with E-state index in [1.807, 2.05) is 50.2 Å². The van der Waals surface area contributed by atoms with Gasteiger partial charge in [-0.2, -0.15) is 0 Å². The first-order valence-corrected chi connectivity index (χ1v) is 14.5. The van der Waals surface area contributed by atoms with Gasteiger partial charge in [-0.25, -0.2) is 0 Å². The molecule has 3 rings (SSSR count). The van der Waals surface area contributed by atoms with E-state index in [0.717, 1.165) is 35.5 Å². The van der Waals surface area contributed by atoms with Crippen LogP contribution in [0.1, 0.15) is 90.2 Å². The average Bonchev–Trinajstić information content (AvgIpc) is 2.99. The molecule has 0 fully saturated rings. The fourth-order valence-corrected chi connectivity index (χ4v) is 4.46. The van der Waals surface area contributed by atoms with E-state index in [1.165, 1.54) is 0 Å². The summed E-state index contributed by atoms with van der Waals surface area (Å²) in [5, 5.41) is 5.89. The number of ether oxygens (including phenoxy) is 2. The molecule has 0 aromatic heterocycles. The summed E-state index contributed by atoms with van der Waals surface area (Å²) in [6.45, 7) is 12.5. The minimum Gasteiger partial charge on any atom is -0.480 e. The van der Waals surface area contributed by atoms with E-state index in [9.17, 15) is 9.59 Å². The van der Waals surface area contributed by atoms with Crippen molar-refractivity contribution in [1.29, 1.82) is 0 Å². The second-order valence-corrected chi connectivity index (χ2v) is 10.3. The fourth-order valence-electron chi connectivity index (χ4n) is 4.46. The Morgan fingerprint density at radius 2 is 0.925 bits per heavy atom. The number of benzene rings is 3. The molecule has 0 spiro atoms. The molecule has 3 aromatic rings. The van der Waals surface area contributed by atoms with E-state index in [-0.39, 0.29) is 11.8 Å². The Kier molecular flexibility index (Phi) is 11.6. The lowest BCUT2D eigenvalue weighted by Crippen LogP contribution is -2.33. The summed E-state index contributed by atoms with van der Waals surface area (Å²) in [5.41, 5.74) is 3.47. The maximum atomic E-state index is 13.0. The molecule has 0 saturated heterocycles. The van der Waals surface area contributed by atoms with Crippen LogP contribution < -0.4 is 20.1 Å². The zero-order chi connectivity index (χ0) is 29.1. The molecule has 40 heavy (non-hydrogen) atoms. The van der Waals surface area contributed by atoms with E-state index < -0.39 is 12.2 Å². The molecule has 0 bridgehead atoms. The molecular weight excluding hydrogens is 500 g/mol. The molecule has 0 saturated carbocycles. The molecule has 214 valence electrons. The molecule has 6 heteroatoms. The van der Waals surface area contributed by atoms with Crippen LogP contribution in [-0.2, 0) is 9.59 Å². The molecule has 3 aromatic carbocycles. The van der Waals surface area contributed by atoms with Gasteiger partial charge in [0, 0.05) is 11.4 Å². The molecule has 0 radical (unpaired) electrons. The summed E-state index contributed by atoms with van der Waals surface area (Å²) >= 11 is 0. The van der Waals surface area contributed by atoms with Gasteiger partial charge in [0.2, 0.25) is 0 Å². The van der Waals surface area contributed by atoms with Gasteiger partial charge in [-0.15, -0.1) is 0 Å². The number of amides is 2. The van der Waals surface area contributed by atoms with Crippen LogP contribution in [0.5, 0.6) is 11.5 Å². The van der Waals surface area contributed by atoms with Crippen LogP contribution in [0, 0.1) is 0 Å². The van der Waals surface area contributed by atoms with E-state index in [4.69, 9.17) is 9.47 Å². The highest BCUT2D eigenvalue weighted by atomic mass is 16.5. The van der Waals surface area contributed by atoms with Gasteiger partial charge in [0.25, 0.3) is 11.8 Å². The zero-order valence-corrected chi connectivity index (χ0v) is 24.7. The van der Waals surface area contributed by atoms with Crippen LogP contribution in [0.2, 0.25) is 0 Å². The highest BCUT2D eigenvalue weighted by Crippen LogP contribution is 2.31. The predicted molar refractivity (Wildman–Crippen MR) is 163 cm³/mol. The minimum absolute atomic E-state index is 0.210. The monoisotopic (exact) mass is 544 g/mol. The van der Waals surface area contributed by atoms with Crippen molar-refractivity contribution in [3.8, 4) is 11.5 Å². The Bertz CT molecular complexity index is 1140. The highest BCUT2D eigenvalue weighted by molar-refractivity contribution is 5.96. The number of hydrogen-bond acceptors (Lipinski definition) is 4. The third kappa shape index (κ3) is 8.10. The van der Waals surface area contributed by atoms with Crippen molar-refractivity contribution in [2.45, 2.75) is 91.3 Å². The summed E-state index contributed by atoms with van der Waals surface area (Å²) in [7, 11) is 0. The first kappa shape index (κ1) is 30.7. The second-order valence-electron chi connectivity index (χ2n) is 10.3. The zero-order valence-electron chi connectivity index (χ0n) is 24.7. The summed E-state index contributed by atoms with van der Waals surface area (Å²) in [6, 6.07) is 22.9. The van der Waals surface area contributed by atoms with Gasteiger partial charge in [0.15, 0.2) is 12.2 Å². The third-order valence-electron chi connectivity index (χ3n) is 7.41. The van der Waals surface area contributed by atoms with Crippen molar-refractivity contribution in [3.05, 3.63) is 83.9 Å². The largest absolute Gasteiger partial charge is 0.480 e. The average molecular weight is 545 g/mol. The molecule has 0 aliphatic heterocycles. The van der Waals surface area contributed by atoms with E-state index in [1.54, 1.807) is 24.3 Å². The Morgan fingerprint density at radius 1 is 0.575 bits per heavy atom. The van der Waals surface area contributed by atoms with Gasteiger partial charge >= 0.3 is 0 Å². The maximum absolute atomic E-state index is 13.0. The van der Waals surface area contributed by atoms with Crippen molar-refractivity contribution >= 4 is 23.2 Å². The van der Waals surface area contributed by atoms with Gasteiger partial charge in [-0.3, -0.25) is 9.59 Å².